The molecule has 1 aliphatic rings. The third-order valence-corrected chi connectivity index (χ3v) is 5.78. The van der Waals surface area contributed by atoms with Crippen LogP contribution in [-0.4, -0.2) is 34.9 Å². The van der Waals surface area contributed by atoms with Gasteiger partial charge in [0.1, 0.15) is 0 Å². The van der Waals surface area contributed by atoms with Gasteiger partial charge in [0.05, 0.1) is 6.20 Å². The first-order chi connectivity index (χ1) is 11.2. The van der Waals surface area contributed by atoms with Gasteiger partial charge < -0.3 is 4.52 Å². The molecule has 2 heterocycles. The van der Waals surface area contributed by atoms with Gasteiger partial charge in [-0.05, 0) is 50.9 Å². The third kappa shape index (κ3) is 3.48. The number of benzene rings is 1. The van der Waals surface area contributed by atoms with Crippen LogP contribution in [0.1, 0.15) is 37.8 Å². The summed E-state index contributed by atoms with van der Waals surface area (Å²) in [5.41, 5.74) is 3.78. The number of thioether (sulfide) groups is 1. The average molecular weight is 330 g/mol. The Morgan fingerprint density at radius 1 is 1.26 bits per heavy atom. The van der Waals surface area contributed by atoms with E-state index in [1.165, 1.54) is 47.7 Å². The summed E-state index contributed by atoms with van der Waals surface area (Å²) in [7, 11) is 0. The number of hydrogen-bond acceptors (Lipinski definition) is 4. The minimum atomic E-state index is 0.622. The van der Waals surface area contributed by atoms with E-state index < -0.39 is 0 Å². The van der Waals surface area contributed by atoms with E-state index >= 15 is 0 Å². The Morgan fingerprint density at radius 3 is 2.70 bits per heavy atom. The van der Waals surface area contributed by atoms with Crippen molar-refractivity contribution in [3.8, 4) is 11.3 Å². The van der Waals surface area contributed by atoms with E-state index in [1.54, 1.807) is 0 Å². The predicted molar refractivity (Wildman–Crippen MR) is 97.0 cm³/mol. The molecule has 0 bridgehead atoms. The molecule has 2 aromatic rings. The van der Waals surface area contributed by atoms with Crippen molar-refractivity contribution in [2.24, 2.45) is 0 Å². The third-order valence-electron chi connectivity index (χ3n) is 4.54. The molecule has 1 aromatic heterocycles. The monoisotopic (exact) mass is 330 g/mol. The van der Waals surface area contributed by atoms with Crippen LogP contribution in [0, 0.1) is 6.92 Å². The predicted octanol–water partition coefficient (Wildman–Crippen LogP) is 4.79. The van der Waals surface area contributed by atoms with Crippen LogP contribution in [0.15, 0.2) is 33.8 Å². The fourth-order valence-corrected chi connectivity index (χ4v) is 4.68. The number of fused-ring (bicyclic) bond motifs is 1. The van der Waals surface area contributed by atoms with Gasteiger partial charge in [0.15, 0.2) is 5.76 Å². The maximum atomic E-state index is 5.53. The Hall–Kier alpha value is -1.26. The highest BCUT2D eigenvalue weighted by Gasteiger charge is 2.27. The quantitative estimate of drug-likeness (QED) is 0.761. The number of aromatic nitrogens is 1. The molecule has 1 atom stereocenters. The number of hydrogen-bond donors (Lipinski definition) is 0. The molecule has 0 aliphatic carbocycles. The fourth-order valence-electron chi connectivity index (χ4n) is 3.44. The molecule has 0 radical (unpaired) electrons. The first-order valence-corrected chi connectivity index (χ1v) is 9.63. The molecule has 1 aromatic carbocycles. The van der Waals surface area contributed by atoms with Crippen molar-refractivity contribution in [3.63, 3.8) is 0 Å². The molecular weight excluding hydrogens is 304 g/mol. The van der Waals surface area contributed by atoms with Crippen LogP contribution in [0.2, 0.25) is 0 Å². The smallest absolute Gasteiger partial charge is 0.170 e. The lowest BCUT2D eigenvalue weighted by molar-refractivity contribution is 0.209. The molecule has 3 rings (SSSR count). The molecule has 0 N–H and O–H groups in total. The summed E-state index contributed by atoms with van der Waals surface area (Å²) in [5, 5.41) is 3.97. The topological polar surface area (TPSA) is 29.3 Å². The molecular formula is C19H26N2OS. The van der Waals surface area contributed by atoms with Crippen molar-refractivity contribution in [3.05, 3.63) is 35.5 Å². The lowest BCUT2D eigenvalue weighted by Crippen LogP contribution is -2.41. The molecule has 1 unspecified atom stereocenters. The van der Waals surface area contributed by atoms with Gasteiger partial charge in [-0.3, -0.25) is 4.90 Å². The van der Waals surface area contributed by atoms with Crippen LogP contribution in [-0.2, 0) is 6.42 Å². The summed E-state index contributed by atoms with van der Waals surface area (Å²) in [5.74, 6) is 2.12. The molecule has 0 saturated carbocycles. The SMILES string of the molecule is CCCN(CCC)C1CSc2cccc(-c3oncc3C)c2C1. The zero-order valence-corrected chi connectivity index (χ0v) is 15.2. The van der Waals surface area contributed by atoms with Gasteiger partial charge in [-0.1, -0.05) is 31.1 Å². The minimum Gasteiger partial charge on any atom is -0.356 e. The normalized spacial score (nSPS) is 17.5. The maximum Gasteiger partial charge on any atom is 0.170 e. The van der Waals surface area contributed by atoms with E-state index in [4.69, 9.17) is 4.52 Å². The van der Waals surface area contributed by atoms with Crippen molar-refractivity contribution in [2.45, 2.75) is 51.0 Å². The van der Waals surface area contributed by atoms with Crippen LogP contribution >= 0.6 is 11.8 Å². The Bertz CT molecular complexity index is 647. The van der Waals surface area contributed by atoms with Crippen molar-refractivity contribution in [1.29, 1.82) is 0 Å². The number of rotatable bonds is 6. The van der Waals surface area contributed by atoms with Crippen molar-refractivity contribution >= 4 is 11.8 Å². The molecule has 0 fully saturated rings. The van der Waals surface area contributed by atoms with Gasteiger partial charge in [-0.25, -0.2) is 0 Å². The van der Waals surface area contributed by atoms with Crippen LogP contribution in [0.25, 0.3) is 11.3 Å². The Balaban J connectivity index is 1.91. The van der Waals surface area contributed by atoms with Gasteiger partial charge in [-0.2, -0.15) is 0 Å². The summed E-state index contributed by atoms with van der Waals surface area (Å²) in [6.45, 7) is 9.00. The maximum absolute atomic E-state index is 5.53. The van der Waals surface area contributed by atoms with Gasteiger partial charge in [0.25, 0.3) is 0 Å². The van der Waals surface area contributed by atoms with Gasteiger partial charge in [-0.15, -0.1) is 11.8 Å². The summed E-state index contributed by atoms with van der Waals surface area (Å²) in [6.07, 6.45) is 5.36. The lowest BCUT2D eigenvalue weighted by atomic mass is 9.96. The molecule has 0 spiro atoms. The first-order valence-electron chi connectivity index (χ1n) is 8.65. The molecule has 3 nitrogen and oxygen atoms in total. The Kier molecular flexibility index (Phi) is 5.44. The van der Waals surface area contributed by atoms with Gasteiger partial charge in [0, 0.05) is 27.8 Å². The van der Waals surface area contributed by atoms with Gasteiger partial charge >= 0.3 is 0 Å². The molecule has 23 heavy (non-hydrogen) atoms. The van der Waals surface area contributed by atoms with E-state index in [1.807, 2.05) is 18.0 Å². The summed E-state index contributed by atoms with van der Waals surface area (Å²) in [6, 6.07) is 7.19. The second-order valence-electron chi connectivity index (χ2n) is 6.33. The standard InChI is InChI=1S/C19H26N2OS/c1-4-9-21(10-5-2)15-11-17-16(19-14(3)12-20-22-19)7-6-8-18(17)23-13-15/h6-8,12,15H,4-5,9-11,13H2,1-3H3. The van der Waals surface area contributed by atoms with E-state index in [0.29, 0.717) is 6.04 Å². The Labute approximate surface area is 143 Å². The first kappa shape index (κ1) is 16.6. The second-order valence-corrected chi connectivity index (χ2v) is 7.39. The largest absolute Gasteiger partial charge is 0.356 e. The molecule has 0 saturated heterocycles. The number of nitrogens with zero attached hydrogens (tertiary/aromatic N) is 2. The van der Waals surface area contributed by atoms with Crippen LogP contribution in [0.5, 0.6) is 0 Å². The highest BCUT2D eigenvalue weighted by atomic mass is 32.2. The second kappa shape index (κ2) is 7.54. The van der Waals surface area contributed by atoms with Crippen molar-refractivity contribution < 1.29 is 4.52 Å². The molecule has 1 aliphatic heterocycles. The van der Waals surface area contributed by atoms with Gasteiger partial charge in [0.2, 0.25) is 0 Å². The van der Waals surface area contributed by atoms with Crippen LogP contribution < -0.4 is 0 Å². The fraction of sp³-hybridized carbons (Fsp3) is 0.526. The highest BCUT2D eigenvalue weighted by molar-refractivity contribution is 7.99. The minimum absolute atomic E-state index is 0.622. The molecule has 124 valence electrons. The van der Waals surface area contributed by atoms with Crippen molar-refractivity contribution in [2.75, 3.05) is 18.8 Å². The lowest BCUT2D eigenvalue weighted by Gasteiger charge is -2.35. The zero-order chi connectivity index (χ0) is 16.2. The summed E-state index contributed by atoms with van der Waals surface area (Å²) >= 11 is 1.99. The van der Waals surface area contributed by atoms with Crippen LogP contribution in [0.3, 0.4) is 0 Å². The summed E-state index contributed by atoms with van der Waals surface area (Å²) in [4.78, 5) is 4.07. The zero-order valence-electron chi connectivity index (χ0n) is 14.3. The molecule has 4 heteroatoms. The summed E-state index contributed by atoms with van der Waals surface area (Å²) < 4.78 is 5.53. The number of aryl methyl sites for hydroxylation is 1. The van der Waals surface area contributed by atoms with E-state index in [-0.39, 0.29) is 0 Å². The highest BCUT2D eigenvalue weighted by Crippen LogP contribution is 2.38. The molecule has 0 amide bonds. The Morgan fingerprint density at radius 2 is 2.04 bits per heavy atom. The van der Waals surface area contributed by atoms with E-state index in [9.17, 15) is 0 Å². The van der Waals surface area contributed by atoms with E-state index in [2.05, 4.69) is 49.0 Å². The van der Waals surface area contributed by atoms with Crippen molar-refractivity contribution in [1.82, 2.24) is 10.1 Å². The average Bonchev–Trinajstić information content (AvgIpc) is 2.99. The van der Waals surface area contributed by atoms with E-state index in [0.717, 1.165) is 17.7 Å². The van der Waals surface area contributed by atoms with Crippen LogP contribution in [0.4, 0.5) is 0 Å².